The Bertz CT molecular complexity index is 1430. The summed E-state index contributed by atoms with van der Waals surface area (Å²) in [6.45, 7) is 3.75. The average molecular weight is 548 g/mol. The second-order valence-electron chi connectivity index (χ2n) is 7.99. The molecule has 194 valence electrons. The SMILES string of the molecule is CCOC(=O)C1=NN(c2ccccc2)C(NN(c2ccccc2)c2nc3ccccc3s2)(C(=O)OCC)S1. The van der Waals surface area contributed by atoms with E-state index in [0.29, 0.717) is 10.8 Å². The molecule has 2 heterocycles. The molecule has 4 aromatic rings. The van der Waals surface area contributed by atoms with Gasteiger partial charge in [-0.3, -0.25) is 0 Å². The summed E-state index contributed by atoms with van der Waals surface area (Å²) in [6.07, 6.45) is 0. The summed E-state index contributed by atoms with van der Waals surface area (Å²) in [5, 5.41) is 8.36. The van der Waals surface area contributed by atoms with Crippen molar-refractivity contribution in [2.45, 2.75) is 18.8 Å². The van der Waals surface area contributed by atoms with Crippen LogP contribution in [0.5, 0.6) is 0 Å². The summed E-state index contributed by atoms with van der Waals surface area (Å²) in [6, 6.07) is 26.4. The van der Waals surface area contributed by atoms with Gasteiger partial charge in [0.15, 0.2) is 0 Å². The number of ether oxygens (including phenoxy) is 2. The number of hydrogen-bond acceptors (Lipinski definition) is 11. The lowest BCUT2D eigenvalue weighted by Crippen LogP contribution is -2.63. The van der Waals surface area contributed by atoms with Gasteiger partial charge in [0.05, 0.1) is 34.8 Å². The minimum atomic E-state index is -1.69. The maximum Gasteiger partial charge on any atom is 0.365 e. The molecule has 5 rings (SSSR count). The van der Waals surface area contributed by atoms with E-state index in [-0.39, 0.29) is 18.3 Å². The quantitative estimate of drug-likeness (QED) is 0.222. The van der Waals surface area contributed by atoms with Crippen molar-refractivity contribution >= 4 is 66.8 Å². The third-order valence-corrected chi connectivity index (χ3v) is 7.68. The molecule has 1 aliphatic heterocycles. The molecule has 1 aromatic heterocycles. The first kappa shape index (κ1) is 25.7. The van der Waals surface area contributed by atoms with Gasteiger partial charge in [-0.05, 0) is 62.0 Å². The Kier molecular flexibility index (Phi) is 7.59. The van der Waals surface area contributed by atoms with E-state index in [2.05, 4.69) is 10.5 Å². The van der Waals surface area contributed by atoms with Crippen LogP contribution in [-0.2, 0) is 19.1 Å². The maximum absolute atomic E-state index is 13.8. The Hall–Kier alpha value is -3.93. The molecule has 1 aliphatic rings. The minimum Gasteiger partial charge on any atom is -0.462 e. The van der Waals surface area contributed by atoms with Gasteiger partial charge in [-0.2, -0.15) is 10.5 Å². The van der Waals surface area contributed by atoms with Crippen LogP contribution in [0.2, 0.25) is 0 Å². The van der Waals surface area contributed by atoms with Crippen LogP contribution in [0.4, 0.5) is 16.5 Å². The van der Waals surface area contributed by atoms with Crippen molar-refractivity contribution in [3.8, 4) is 0 Å². The first-order valence-corrected chi connectivity index (χ1v) is 13.6. The molecule has 0 saturated heterocycles. The van der Waals surface area contributed by atoms with Crippen molar-refractivity contribution in [2.24, 2.45) is 5.10 Å². The summed E-state index contributed by atoms with van der Waals surface area (Å²) in [5.41, 5.74) is 5.49. The maximum atomic E-state index is 13.8. The molecule has 0 amide bonds. The molecule has 9 nitrogen and oxygen atoms in total. The molecule has 0 bridgehead atoms. The highest BCUT2D eigenvalue weighted by Gasteiger charge is 2.56. The van der Waals surface area contributed by atoms with Crippen LogP contribution in [0, 0.1) is 0 Å². The number of para-hydroxylation sites is 3. The fourth-order valence-electron chi connectivity index (χ4n) is 3.83. The predicted molar refractivity (Wildman–Crippen MR) is 151 cm³/mol. The van der Waals surface area contributed by atoms with E-state index in [1.54, 1.807) is 31.0 Å². The number of hydrazone groups is 1. The standard InChI is InChI=1S/C27H25N5O4S2/c1-3-35-24(33)23-29-32(20-15-9-6-10-16-20)27(38-23,25(34)36-4-2)30-31(19-13-7-5-8-14-19)26-28-21-17-11-12-18-22(21)37-26/h5-18,30H,3-4H2,1-2H3. The largest absolute Gasteiger partial charge is 0.462 e. The van der Waals surface area contributed by atoms with Gasteiger partial charge in [-0.15, -0.1) is 0 Å². The first-order chi connectivity index (χ1) is 18.6. The van der Waals surface area contributed by atoms with Crippen LogP contribution in [0.3, 0.4) is 0 Å². The molecule has 3 aromatic carbocycles. The Balaban J connectivity index is 1.66. The molecular formula is C27H25N5O4S2. The third-order valence-electron chi connectivity index (χ3n) is 5.49. The van der Waals surface area contributed by atoms with E-state index in [0.717, 1.165) is 27.7 Å². The van der Waals surface area contributed by atoms with Gasteiger partial charge in [0.1, 0.15) is 0 Å². The van der Waals surface area contributed by atoms with Gasteiger partial charge in [0.2, 0.25) is 10.2 Å². The van der Waals surface area contributed by atoms with Crippen LogP contribution < -0.4 is 15.4 Å². The number of thioether (sulfide) groups is 1. The summed E-state index contributed by atoms with van der Waals surface area (Å²) in [5.74, 6) is -1.25. The monoisotopic (exact) mass is 547 g/mol. The lowest BCUT2D eigenvalue weighted by Gasteiger charge is -2.38. The number of thiazole rings is 1. The van der Waals surface area contributed by atoms with Gasteiger partial charge in [-0.25, -0.2) is 24.6 Å². The van der Waals surface area contributed by atoms with E-state index in [1.165, 1.54) is 16.3 Å². The number of benzene rings is 3. The van der Waals surface area contributed by atoms with Crippen molar-refractivity contribution < 1.29 is 19.1 Å². The summed E-state index contributed by atoms with van der Waals surface area (Å²) < 4.78 is 11.8. The van der Waals surface area contributed by atoms with Crippen LogP contribution in [0.25, 0.3) is 10.2 Å². The summed E-state index contributed by atoms with van der Waals surface area (Å²) in [4.78, 5) is 29.8. The fourth-order valence-corrected chi connectivity index (χ4v) is 5.83. The second-order valence-corrected chi connectivity index (χ2v) is 10.2. The number of carbonyl (C=O) groups excluding carboxylic acids is 2. The molecule has 1 N–H and O–H groups in total. The summed E-state index contributed by atoms with van der Waals surface area (Å²) in [7, 11) is 0. The fraction of sp³-hybridized carbons (Fsp3) is 0.185. The van der Waals surface area contributed by atoms with Crippen molar-refractivity contribution in [1.29, 1.82) is 0 Å². The van der Waals surface area contributed by atoms with Gasteiger partial charge in [0.25, 0.3) is 4.99 Å². The molecule has 0 aliphatic carbocycles. The molecule has 0 saturated carbocycles. The van der Waals surface area contributed by atoms with Gasteiger partial charge in [-0.1, -0.05) is 59.9 Å². The van der Waals surface area contributed by atoms with E-state index < -0.39 is 16.9 Å². The number of hydrogen-bond donors (Lipinski definition) is 1. The number of aromatic nitrogens is 1. The van der Waals surface area contributed by atoms with Crippen LogP contribution >= 0.6 is 23.1 Å². The van der Waals surface area contributed by atoms with Crippen LogP contribution in [0.1, 0.15) is 13.8 Å². The highest BCUT2D eigenvalue weighted by atomic mass is 32.2. The molecule has 0 spiro atoms. The molecule has 11 heteroatoms. The van der Waals surface area contributed by atoms with Crippen molar-refractivity contribution in [1.82, 2.24) is 10.4 Å². The van der Waals surface area contributed by atoms with Crippen LogP contribution in [-0.4, -0.2) is 40.2 Å². The number of rotatable bonds is 9. The number of hydrazine groups is 1. The number of esters is 2. The molecule has 1 atom stereocenters. The second kappa shape index (κ2) is 11.2. The zero-order valence-corrected chi connectivity index (χ0v) is 22.4. The minimum absolute atomic E-state index is 0.0218. The Morgan fingerprint density at radius 2 is 1.58 bits per heavy atom. The molecular weight excluding hydrogens is 522 g/mol. The predicted octanol–water partition coefficient (Wildman–Crippen LogP) is 5.29. The molecule has 0 fully saturated rings. The number of anilines is 3. The lowest BCUT2D eigenvalue weighted by atomic mass is 10.3. The lowest BCUT2D eigenvalue weighted by molar-refractivity contribution is -0.147. The molecule has 1 unspecified atom stereocenters. The number of nitrogens with zero attached hydrogens (tertiary/aromatic N) is 4. The Labute approximate surface area is 228 Å². The van der Waals surface area contributed by atoms with Gasteiger partial charge >= 0.3 is 11.9 Å². The van der Waals surface area contributed by atoms with Gasteiger partial charge < -0.3 is 9.47 Å². The highest BCUT2D eigenvalue weighted by Crippen LogP contribution is 2.43. The number of carbonyl (C=O) groups is 2. The van der Waals surface area contributed by atoms with E-state index in [1.807, 2.05) is 72.8 Å². The van der Waals surface area contributed by atoms with E-state index >= 15 is 0 Å². The van der Waals surface area contributed by atoms with Crippen molar-refractivity contribution in [2.75, 3.05) is 23.2 Å². The van der Waals surface area contributed by atoms with Crippen molar-refractivity contribution in [3.05, 3.63) is 84.9 Å². The zero-order chi connectivity index (χ0) is 26.5. The van der Waals surface area contributed by atoms with Crippen LogP contribution in [0.15, 0.2) is 90.0 Å². The highest BCUT2D eigenvalue weighted by molar-refractivity contribution is 8.17. The number of fused-ring (bicyclic) bond motifs is 1. The Morgan fingerprint density at radius 3 is 2.26 bits per heavy atom. The third kappa shape index (κ3) is 4.95. The molecule has 38 heavy (non-hydrogen) atoms. The van der Waals surface area contributed by atoms with E-state index in [9.17, 15) is 9.59 Å². The normalized spacial score (nSPS) is 16.8. The topological polar surface area (TPSA) is 96.4 Å². The van der Waals surface area contributed by atoms with Crippen molar-refractivity contribution in [3.63, 3.8) is 0 Å². The zero-order valence-electron chi connectivity index (χ0n) is 20.7. The first-order valence-electron chi connectivity index (χ1n) is 12.0. The Morgan fingerprint density at radius 1 is 0.921 bits per heavy atom. The smallest absolute Gasteiger partial charge is 0.365 e. The molecule has 0 radical (unpaired) electrons. The number of nitrogens with one attached hydrogen (secondary N) is 1. The van der Waals surface area contributed by atoms with Gasteiger partial charge in [0, 0.05) is 0 Å². The van der Waals surface area contributed by atoms with E-state index in [4.69, 9.17) is 14.5 Å². The average Bonchev–Trinajstić information content (AvgIpc) is 3.56. The summed E-state index contributed by atoms with van der Waals surface area (Å²) >= 11 is 2.40.